The maximum Gasteiger partial charge on any atom is 0.164 e. The molecule has 0 radical (unpaired) electrons. The van der Waals surface area contributed by atoms with Gasteiger partial charge in [-0.15, -0.1) is 0 Å². The molecule has 3 aromatic heterocycles. The molecule has 11 aromatic rings. The van der Waals surface area contributed by atoms with Crippen molar-refractivity contribution < 1.29 is 8.83 Å². The molecule has 0 N–H and O–H groups in total. The summed E-state index contributed by atoms with van der Waals surface area (Å²) in [6, 6.07) is 56.5. The fraction of sp³-hybridized carbons (Fsp3) is 0. The Balaban J connectivity index is 1.11. The fourth-order valence-corrected chi connectivity index (χ4v) is 7.58. The Morgan fingerprint density at radius 3 is 1.73 bits per heavy atom. The van der Waals surface area contributed by atoms with Crippen LogP contribution in [0.5, 0.6) is 0 Å². The van der Waals surface area contributed by atoms with E-state index in [4.69, 9.17) is 23.8 Å². The van der Waals surface area contributed by atoms with Crippen molar-refractivity contribution in [3.05, 3.63) is 164 Å². The van der Waals surface area contributed by atoms with E-state index in [-0.39, 0.29) is 0 Å². The monoisotopic (exact) mass is 665 g/mol. The quantitative estimate of drug-likeness (QED) is 0.175. The van der Waals surface area contributed by atoms with Crippen LogP contribution in [0.4, 0.5) is 0 Å². The summed E-state index contributed by atoms with van der Waals surface area (Å²) in [5, 5.41) is 9.00. The Kier molecular flexibility index (Phi) is 6.18. The summed E-state index contributed by atoms with van der Waals surface area (Å²) in [7, 11) is 0. The van der Waals surface area contributed by atoms with Crippen LogP contribution in [0.25, 0.3) is 111 Å². The van der Waals surface area contributed by atoms with Crippen LogP contribution >= 0.6 is 0 Å². The van der Waals surface area contributed by atoms with E-state index in [0.29, 0.717) is 17.5 Å². The fourth-order valence-electron chi connectivity index (χ4n) is 7.58. The maximum atomic E-state index is 6.46. The van der Waals surface area contributed by atoms with Crippen molar-refractivity contribution in [3.8, 4) is 45.3 Å². The van der Waals surface area contributed by atoms with Crippen molar-refractivity contribution in [2.75, 3.05) is 0 Å². The molecule has 5 heteroatoms. The van der Waals surface area contributed by atoms with Gasteiger partial charge in [-0.2, -0.15) is 0 Å². The average molecular weight is 666 g/mol. The molecule has 0 fully saturated rings. The number of hydrogen-bond donors (Lipinski definition) is 0. The third-order valence-corrected chi connectivity index (χ3v) is 10.1. The molecule has 5 nitrogen and oxygen atoms in total. The number of benzene rings is 8. The van der Waals surface area contributed by atoms with Gasteiger partial charge in [-0.3, -0.25) is 0 Å². The summed E-state index contributed by atoms with van der Waals surface area (Å²) in [5.41, 5.74) is 8.21. The standard InChI is InChI=1S/C47H27N3O2/c1-2-10-30(11-3-1)45-48-46(33-22-24-41-38(27-33)35-13-6-7-15-40(35)51-41)50-47(49-45)36-14-8-16-43-44(36)39-26-32(21-23-42(39)52-43)31-20-19-29-18-17-28-9-4-5-12-34(28)37(29)25-31/h1-27H. The second-order valence-corrected chi connectivity index (χ2v) is 13.2. The number of nitrogens with zero attached hydrogens (tertiary/aromatic N) is 3. The Hall–Kier alpha value is -7.11. The van der Waals surface area contributed by atoms with Crippen LogP contribution in [-0.2, 0) is 0 Å². The van der Waals surface area contributed by atoms with Crippen molar-refractivity contribution >= 4 is 65.4 Å². The summed E-state index contributed by atoms with van der Waals surface area (Å²) < 4.78 is 12.6. The van der Waals surface area contributed by atoms with Gasteiger partial charge < -0.3 is 8.83 Å². The van der Waals surface area contributed by atoms with Gasteiger partial charge in [0.2, 0.25) is 0 Å². The van der Waals surface area contributed by atoms with Crippen molar-refractivity contribution in [1.82, 2.24) is 15.0 Å². The van der Waals surface area contributed by atoms with Gasteiger partial charge in [-0.25, -0.2) is 15.0 Å². The minimum absolute atomic E-state index is 0.580. The molecule has 0 aliphatic heterocycles. The topological polar surface area (TPSA) is 65.0 Å². The molecular weight excluding hydrogens is 639 g/mol. The van der Waals surface area contributed by atoms with Crippen molar-refractivity contribution in [2.24, 2.45) is 0 Å². The Morgan fingerprint density at radius 2 is 0.865 bits per heavy atom. The molecule has 11 rings (SSSR count). The molecule has 242 valence electrons. The lowest BCUT2D eigenvalue weighted by Gasteiger charge is -2.10. The highest BCUT2D eigenvalue weighted by Crippen LogP contribution is 2.40. The van der Waals surface area contributed by atoms with Gasteiger partial charge in [-0.1, -0.05) is 115 Å². The first-order chi connectivity index (χ1) is 25.7. The summed E-state index contributed by atoms with van der Waals surface area (Å²) >= 11 is 0. The molecule has 0 unspecified atom stereocenters. The van der Waals surface area contributed by atoms with E-state index >= 15 is 0 Å². The minimum atomic E-state index is 0.580. The first-order valence-electron chi connectivity index (χ1n) is 17.3. The van der Waals surface area contributed by atoms with Crippen molar-refractivity contribution in [1.29, 1.82) is 0 Å². The van der Waals surface area contributed by atoms with Crippen molar-refractivity contribution in [3.63, 3.8) is 0 Å². The third-order valence-electron chi connectivity index (χ3n) is 10.1. The van der Waals surface area contributed by atoms with Gasteiger partial charge in [0.25, 0.3) is 0 Å². The van der Waals surface area contributed by atoms with E-state index in [1.807, 2.05) is 72.8 Å². The largest absolute Gasteiger partial charge is 0.456 e. The van der Waals surface area contributed by atoms with Crippen LogP contribution in [0, 0.1) is 0 Å². The van der Waals surface area contributed by atoms with Gasteiger partial charge in [-0.05, 0) is 81.2 Å². The molecule has 0 aliphatic carbocycles. The molecule has 0 saturated heterocycles. The average Bonchev–Trinajstić information content (AvgIpc) is 3.78. The molecule has 0 saturated carbocycles. The molecule has 52 heavy (non-hydrogen) atoms. The van der Waals surface area contributed by atoms with E-state index in [1.54, 1.807) is 0 Å². The number of furan rings is 2. The molecule has 0 aliphatic rings. The number of hydrogen-bond acceptors (Lipinski definition) is 5. The van der Waals surface area contributed by atoms with E-state index in [9.17, 15) is 0 Å². The number of aromatic nitrogens is 3. The summed E-state index contributed by atoms with van der Waals surface area (Å²) in [6.07, 6.45) is 0. The second kappa shape index (κ2) is 11.2. The highest BCUT2D eigenvalue weighted by atomic mass is 16.3. The zero-order chi connectivity index (χ0) is 34.2. The predicted molar refractivity (Wildman–Crippen MR) is 211 cm³/mol. The smallest absolute Gasteiger partial charge is 0.164 e. The lowest BCUT2D eigenvalue weighted by molar-refractivity contribution is 0.668. The first-order valence-corrected chi connectivity index (χ1v) is 17.3. The van der Waals surface area contributed by atoms with E-state index in [2.05, 4.69) is 91.0 Å². The first kappa shape index (κ1) is 28.7. The Morgan fingerprint density at radius 1 is 0.308 bits per heavy atom. The Labute approximate surface area is 297 Å². The SMILES string of the molecule is c1ccc(-c2nc(-c3ccc4oc5ccccc5c4c3)nc(-c3cccc4oc5ccc(-c6ccc7ccc8ccccc8c7c6)cc5c34)n2)cc1. The molecule has 3 heterocycles. The van der Waals surface area contributed by atoms with Crippen LogP contribution in [-0.4, -0.2) is 15.0 Å². The van der Waals surface area contributed by atoms with E-state index < -0.39 is 0 Å². The summed E-state index contributed by atoms with van der Waals surface area (Å²) in [5.74, 6) is 1.77. The highest BCUT2D eigenvalue weighted by molar-refractivity contribution is 6.14. The Bertz CT molecular complexity index is 3190. The highest BCUT2D eigenvalue weighted by Gasteiger charge is 2.19. The third kappa shape index (κ3) is 4.53. The van der Waals surface area contributed by atoms with Gasteiger partial charge in [0.1, 0.15) is 22.3 Å². The normalized spacial score (nSPS) is 11.8. The number of para-hydroxylation sites is 1. The van der Waals surface area contributed by atoms with Crippen LogP contribution in [0.1, 0.15) is 0 Å². The maximum absolute atomic E-state index is 6.46. The molecular formula is C47H27N3O2. The molecule has 0 spiro atoms. The number of rotatable bonds is 4. The van der Waals surface area contributed by atoms with Gasteiger partial charge in [0, 0.05) is 38.2 Å². The van der Waals surface area contributed by atoms with Crippen LogP contribution in [0.3, 0.4) is 0 Å². The van der Waals surface area contributed by atoms with Crippen LogP contribution in [0.2, 0.25) is 0 Å². The lowest BCUT2D eigenvalue weighted by atomic mass is 9.96. The zero-order valence-electron chi connectivity index (χ0n) is 27.7. The minimum Gasteiger partial charge on any atom is -0.456 e. The van der Waals surface area contributed by atoms with Gasteiger partial charge in [0.05, 0.1) is 0 Å². The van der Waals surface area contributed by atoms with Crippen LogP contribution in [0.15, 0.2) is 173 Å². The number of fused-ring (bicyclic) bond motifs is 9. The zero-order valence-corrected chi connectivity index (χ0v) is 27.7. The van der Waals surface area contributed by atoms with Gasteiger partial charge in [0.15, 0.2) is 17.5 Å². The summed E-state index contributed by atoms with van der Waals surface area (Å²) in [6.45, 7) is 0. The van der Waals surface area contributed by atoms with E-state index in [1.165, 1.54) is 21.5 Å². The summed E-state index contributed by atoms with van der Waals surface area (Å²) in [4.78, 5) is 15.3. The lowest BCUT2D eigenvalue weighted by Crippen LogP contribution is -2.00. The van der Waals surface area contributed by atoms with E-state index in [0.717, 1.165) is 71.7 Å². The molecule has 0 amide bonds. The molecule has 8 aromatic carbocycles. The molecule has 0 bridgehead atoms. The van der Waals surface area contributed by atoms with Crippen LogP contribution < -0.4 is 0 Å². The second-order valence-electron chi connectivity index (χ2n) is 13.2. The van der Waals surface area contributed by atoms with Crippen molar-refractivity contribution in [2.45, 2.75) is 0 Å². The van der Waals surface area contributed by atoms with Gasteiger partial charge >= 0.3 is 0 Å². The predicted octanol–water partition coefficient (Wildman–Crippen LogP) is 12.6. The molecule has 0 atom stereocenters.